The van der Waals surface area contributed by atoms with Crippen LogP contribution in [0.3, 0.4) is 0 Å². The van der Waals surface area contributed by atoms with Crippen molar-refractivity contribution in [3.05, 3.63) is 34.9 Å². The molecule has 0 amide bonds. The number of rotatable bonds is 7. The van der Waals surface area contributed by atoms with Crippen LogP contribution in [0.2, 0.25) is 0 Å². The molecule has 0 aromatic carbocycles. The summed E-state index contributed by atoms with van der Waals surface area (Å²) in [5, 5.41) is 12.6. The van der Waals surface area contributed by atoms with Gasteiger partial charge in [0.05, 0.1) is 24.1 Å². The van der Waals surface area contributed by atoms with Gasteiger partial charge in [-0.2, -0.15) is 10.2 Å². The summed E-state index contributed by atoms with van der Waals surface area (Å²) < 4.78 is 4.14. The molecule has 116 valence electrons. The average Bonchev–Trinajstić information content (AvgIpc) is 3.02. The van der Waals surface area contributed by atoms with Crippen LogP contribution in [0, 0.1) is 6.92 Å². The number of aryl methyl sites for hydroxylation is 2. The Kier molecular flexibility index (Phi) is 5.17. The molecule has 0 saturated carbocycles. The van der Waals surface area contributed by atoms with Gasteiger partial charge in [0.2, 0.25) is 0 Å². The summed E-state index contributed by atoms with van der Waals surface area (Å²) in [5.74, 6) is 0. The maximum Gasteiger partial charge on any atom is 0.0831 e. The van der Waals surface area contributed by atoms with Crippen molar-refractivity contribution in [2.75, 3.05) is 0 Å². The second kappa shape index (κ2) is 6.89. The summed E-state index contributed by atoms with van der Waals surface area (Å²) in [6, 6.07) is 2.68. The highest BCUT2D eigenvalue weighted by Crippen LogP contribution is 2.12. The monoisotopic (exact) mass is 289 g/mol. The number of aromatic nitrogens is 4. The third-order valence-electron chi connectivity index (χ3n) is 3.79. The summed E-state index contributed by atoms with van der Waals surface area (Å²) in [6.07, 6.45) is 2.94. The zero-order valence-corrected chi connectivity index (χ0v) is 13.8. The summed E-state index contributed by atoms with van der Waals surface area (Å²) in [7, 11) is 0. The minimum atomic E-state index is 0.487. The lowest BCUT2D eigenvalue weighted by atomic mass is 10.2. The Morgan fingerprint density at radius 3 is 2.62 bits per heavy atom. The van der Waals surface area contributed by atoms with Gasteiger partial charge in [0.1, 0.15) is 0 Å². The maximum atomic E-state index is 4.60. The molecule has 2 aromatic rings. The van der Waals surface area contributed by atoms with E-state index in [-0.39, 0.29) is 0 Å². The van der Waals surface area contributed by atoms with E-state index in [1.54, 1.807) is 0 Å². The molecule has 0 aliphatic carbocycles. The zero-order valence-electron chi connectivity index (χ0n) is 13.8. The van der Waals surface area contributed by atoms with Crippen LogP contribution in [0.25, 0.3) is 0 Å². The van der Waals surface area contributed by atoms with Gasteiger partial charge in [0, 0.05) is 30.4 Å². The van der Waals surface area contributed by atoms with E-state index < -0.39 is 0 Å². The molecule has 0 aliphatic rings. The average molecular weight is 289 g/mol. The summed E-state index contributed by atoms with van der Waals surface area (Å²) in [4.78, 5) is 0. The molecule has 0 radical (unpaired) electrons. The summed E-state index contributed by atoms with van der Waals surface area (Å²) in [6.45, 7) is 13.3. The van der Waals surface area contributed by atoms with Gasteiger partial charge in [-0.1, -0.05) is 20.8 Å². The molecule has 0 bridgehead atoms. The Morgan fingerprint density at radius 2 is 2.00 bits per heavy atom. The van der Waals surface area contributed by atoms with Crippen molar-refractivity contribution in [1.82, 2.24) is 24.9 Å². The van der Waals surface area contributed by atoms with Crippen LogP contribution in [0.5, 0.6) is 0 Å². The summed E-state index contributed by atoms with van der Waals surface area (Å²) >= 11 is 0. The molecule has 2 rings (SSSR count). The van der Waals surface area contributed by atoms with Crippen LogP contribution in [-0.4, -0.2) is 25.6 Å². The minimum Gasteiger partial charge on any atom is -0.310 e. The molecular formula is C16H27N5. The lowest BCUT2D eigenvalue weighted by Crippen LogP contribution is -2.22. The van der Waals surface area contributed by atoms with Crippen LogP contribution in [0.15, 0.2) is 12.3 Å². The largest absolute Gasteiger partial charge is 0.310 e. The molecule has 1 N–H and O–H groups in total. The fraction of sp³-hybridized carbons (Fsp3) is 0.625. The van der Waals surface area contributed by atoms with Crippen LogP contribution in [0.1, 0.15) is 50.3 Å². The van der Waals surface area contributed by atoms with Gasteiger partial charge in [-0.25, -0.2) is 0 Å². The van der Waals surface area contributed by atoms with E-state index in [9.17, 15) is 0 Å². The second-order valence-corrected chi connectivity index (χ2v) is 5.74. The number of nitrogens with zero attached hydrogens (tertiary/aromatic N) is 4. The van der Waals surface area contributed by atoms with E-state index in [0.717, 1.165) is 31.7 Å². The third kappa shape index (κ3) is 3.73. The van der Waals surface area contributed by atoms with E-state index >= 15 is 0 Å². The van der Waals surface area contributed by atoms with E-state index in [2.05, 4.69) is 65.6 Å². The van der Waals surface area contributed by atoms with Gasteiger partial charge in [-0.15, -0.1) is 0 Å². The maximum absolute atomic E-state index is 4.60. The standard InChI is InChI=1S/C16H27N5/c1-6-15-8-16(20(7-2)19-15)11-21-13(5)14(10-18-21)9-17-12(3)4/h8,10,12,17H,6-7,9,11H2,1-5H3. The van der Waals surface area contributed by atoms with Gasteiger partial charge in [0.15, 0.2) is 0 Å². The Hall–Kier alpha value is -1.62. The highest BCUT2D eigenvalue weighted by molar-refractivity contribution is 5.18. The Balaban J connectivity index is 2.14. The van der Waals surface area contributed by atoms with Crippen molar-refractivity contribution < 1.29 is 0 Å². The van der Waals surface area contributed by atoms with Crippen LogP contribution in [-0.2, 0) is 26.1 Å². The predicted octanol–water partition coefficient (Wildman–Crippen LogP) is 2.52. The topological polar surface area (TPSA) is 47.7 Å². The van der Waals surface area contributed by atoms with Gasteiger partial charge in [-0.3, -0.25) is 9.36 Å². The molecule has 5 nitrogen and oxygen atoms in total. The molecular weight excluding hydrogens is 262 g/mol. The molecule has 2 heterocycles. The zero-order chi connectivity index (χ0) is 15.4. The van der Waals surface area contributed by atoms with Crippen molar-refractivity contribution in [2.24, 2.45) is 0 Å². The predicted molar refractivity (Wildman–Crippen MR) is 85.3 cm³/mol. The van der Waals surface area contributed by atoms with Gasteiger partial charge in [0.25, 0.3) is 0 Å². The summed E-state index contributed by atoms with van der Waals surface area (Å²) in [5.41, 5.74) is 4.87. The molecule has 0 aliphatic heterocycles. The lowest BCUT2D eigenvalue weighted by molar-refractivity contribution is 0.563. The fourth-order valence-corrected chi connectivity index (χ4v) is 2.37. The van der Waals surface area contributed by atoms with Crippen LogP contribution < -0.4 is 5.32 Å². The number of hydrogen-bond donors (Lipinski definition) is 1. The third-order valence-corrected chi connectivity index (χ3v) is 3.79. The van der Waals surface area contributed by atoms with E-state index in [1.165, 1.54) is 17.0 Å². The first-order chi connectivity index (χ1) is 10.0. The Morgan fingerprint density at radius 1 is 1.24 bits per heavy atom. The normalized spacial score (nSPS) is 11.5. The molecule has 0 unspecified atom stereocenters. The van der Waals surface area contributed by atoms with Crippen molar-refractivity contribution in [3.8, 4) is 0 Å². The van der Waals surface area contributed by atoms with Crippen molar-refractivity contribution >= 4 is 0 Å². The van der Waals surface area contributed by atoms with Crippen LogP contribution >= 0.6 is 0 Å². The number of nitrogens with one attached hydrogen (secondary N) is 1. The minimum absolute atomic E-state index is 0.487. The smallest absolute Gasteiger partial charge is 0.0831 e. The second-order valence-electron chi connectivity index (χ2n) is 5.74. The first kappa shape index (κ1) is 15.8. The van der Waals surface area contributed by atoms with Crippen molar-refractivity contribution in [1.29, 1.82) is 0 Å². The Bertz CT molecular complexity index is 580. The van der Waals surface area contributed by atoms with E-state index in [0.29, 0.717) is 6.04 Å². The number of hydrogen-bond acceptors (Lipinski definition) is 3. The van der Waals surface area contributed by atoms with E-state index in [4.69, 9.17) is 0 Å². The molecule has 2 aromatic heterocycles. The van der Waals surface area contributed by atoms with E-state index in [1.807, 2.05) is 6.20 Å². The Labute approximate surface area is 127 Å². The molecule has 0 fully saturated rings. The van der Waals surface area contributed by atoms with Gasteiger partial charge >= 0.3 is 0 Å². The van der Waals surface area contributed by atoms with Crippen LogP contribution in [0.4, 0.5) is 0 Å². The van der Waals surface area contributed by atoms with Crippen molar-refractivity contribution in [2.45, 2.75) is 66.7 Å². The highest BCUT2D eigenvalue weighted by Gasteiger charge is 2.11. The molecule has 0 saturated heterocycles. The lowest BCUT2D eigenvalue weighted by Gasteiger charge is -2.09. The SMILES string of the molecule is CCc1cc(Cn2ncc(CNC(C)C)c2C)n(CC)n1. The molecule has 5 heteroatoms. The van der Waals surface area contributed by atoms with Gasteiger partial charge in [-0.05, 0) is 26.3 Å². The highest BCUT2D eigenvalue weighted by atomic mass is 15.3. The quantitative estimate of drug-likeness (QED) is 0.852. The molecule has 0 atom stereocenters. The molecule has 21 heavy (non-hydrogen) atoms. The first-order valence-corrected chi connectivity index (χ1v) is 7.85. The fourth-order valence-electron chi connectivity index (χ4n) is 2.37. The van der Waals surface area contributed by atoms with Crippen molar-refractivity contribution in [3.63, 3.8) is 0 Å². The molecule has 0 spiro atoms. The first-order valence-electron chi connectivity index (χ1n) is 7.85. The van der Waals surface area contributed by atoms with Gasteiger partial charge < -0.3 is 5.32 Å².